The molecule has 0 fully saturated rings. The molecular weight excluding hydrogens is 255 g/mol. The van der Waals surface area contributed by atoms with Crippen molar-refractivity contribution in [1.82, 2.24) is 5.32 Å². The lowest BCUT2D eigenvalue weighted by molar-refractivity contribution is 0.0945. The highest BCUT2D eigenvalue weighted by Gasteiger charge is 2.15. The van der Waals surface area contributed by atoms with Crippen LogP contribution in [0.2, 0.25) is 0 Å². The molecule has 0 heterocycles. The molecule has 2 aromatic carbocycles. The van der Waals surface area contributed by atoms with Crippen molar-refractivity contribution in [3.8, 4) is 6.07 Å². The molecule has 4 heteroatoms. The van der Waals surface area contributed by atoms with Gasteiger partial charge in [-0.1, -0.05) is 29.8 Å². The minimum Gasteiger partial charge on any atom is -0.333 e. The Morgan fingerprint density at radius 3 is 2.55 bits per heavy atom. The summed E-state index contributed by atoms with van der Waals surface area (Å²) < 4.78 is 12.9. The maximum absolute atomic E-state index is 12.9. The molecule has 0 aliphatic carbocycles. The van der Waals surface area contributed by atoms with Crippen LogP contribution in [0.5, 0.6) is 0 Å². The van der Waals surface area contributed by atoms with Gasteiger partial charge in [-0.3, -0.25) is 4.79 Å². The number of nitrogens with one attached hydrogen (secondary N) is 1. The summed E-state index contributed by atoms with van der Waals surface area (Å²) in [4.78, 5) is 12.1. The van der Waals surface area contributed by atoms with Crippen LogP contribution in [0, 0.1) is 24.1 Å². The van der Waals surface area contributed by atoms with Gasteiger partial charge in [-0.15, -0.1) is 0 Å². The quantitative estimate of drug-likeness (QED) is 0.929. The Morgan fingerprint density at radius 1 is 1.25 bits per heavy atom. The monoisotopic (exact) mass is 268 g/mol. The number of halogens is 1. The minimum absolute atomic E-state index is 0.329. The van der Waals surface area contributed by atoms with E-state index in [9.17, 15) is 9.18 Å². The molecule has 2 aromatic rings. The van der Waals surface area contributed by atoms with Gasteiger partial charge in [0.1, 0.15) is 11.9 Å². The molecule has 0 saturated carbocycles. The van der Waals surface area contributed by atoms with Crippen molar-refractivity contribution >= 4 is 5.91 Å². The van der Waals surface area contributed by atoms with E-state index >= 15 is 0 Å². The number of carbonyl (C=O) groups excluding carboxylic acids is 1. The van der Waals surface area contributed by atoms with E-state index in [4.69, 9.17) is 5.26 Å². The third-order valence-corrected chi connectivity index (χ3v) is 2.89. The first-order chi connectivity index (χ1) is 9.60. The molecule has 1 amide bonds. The summed E-state index contributed by atoms with van der Waals surface area (Å²) in [6, 6.07) is 13.8. The van der Waals surface area contributed by atoms with Crippen molar-refractivity contribution in [3.05, 3.63) is 71.0 Å². The van der Waals surface area contributed by atoms with Crippen molar-refractivity contribution in [3.63, 3.8) is 0 Å². The third-order valence-electron chi connectivity index (χ3n) is 2.89. The Labute approximate surface area is 116 Å². The zero-order chi connectivity index (χ0) is 14.5. The molecule has 100 valence electrons. The first kappa shape index (κ1) is 13.8. The molecule has 0 bridgehead atoms. The van der Waals surface area contributed by atoms with Crippen LogP contribution in [0.15, 0.2) is 48.5 Å². The summed E-state index contributed by atoms with van der Waals surface area (Å²) >= 11 is 0. The molecule has 1 atom stereocenters. The van der Waals surface area contributed by atoms with E-state index in [1.807, 2.05) is 19.1 Å². The number of rotatable bonds is 3. The van der Waals surface area contributed by atoms with Crippen molar-refractivity contribution in [2.45, 2.75) is 13.0 Å². The number of carbonyl (C=O) groups is 1. The predicted molar refractivity (Wildman–Crippen MR) is 73.4 cm³/mol. The summed E-state index contributed by atoms with van der Waals surface area (Å²) in [6.07, 6.45) is 0. The number of benzene rings is 2. The second-order valence-electron chi connectivity index (χ2n) is 4.46. The molecule has 1 N–H and O–H groups in total. The van der Waals surface area contributed by atoms with Crippen molar-refractivity contribution in [2.24, 2.45) is 0 Å². The Hall–Kier alpha value is -2.67. The van der Waals surface area contributed by atoms with Crippen LogP contribution in [-0.4, -0.2) is 5.91 Å². The van der Waals surface area contributed by atoms with E-state index in [1.54, 1.807) is 18.2 Å². The molecule has 0 aromatic heterocycles. The Morgan fingerprint density at radius 2 is 1.95 bits per heavy atom. The summed E-state index contributed by atoms with van der Waals surface area (Å²) in [5.41, 5.74) is 2.01. The van der Waals surface area contributed by atoms with Gasteiger partial charge in [0.25, 0.3) is 5.91 Å². The fraction of sp³-hybridized carbons (Fsp3) is 0.125. The second-order valence-corrected chi connectivity index (χ2v) is 4.46. The fourth-order valence-corrected chi connectivity index (χ4v) is 1.85. The number of hydrogen-bond acceptors (Lipinski definition) is 2. The second kappa shape index (κ2) is 5.98. The van der Waals surface area contributed by atoms with Gasteiger partial charge in [-0.2, -0.15) is 5.26 Å². The standard InChI is InChI=1S/C16H13FN2O/c1-11-3-2-4-13(9-11)16(20)19-15(10-18)12-5-7-14(17)8-6-12/h2-9,15H,1H3,(H,19,20)/t15-/m0/s1. The van der Waals surface area contributed by atoms with E-state index < -0.39 is 6.04 Å². The summed E-state index contributed by atoms with van der Waals surface area (Å²) in [5, 5.41) is 11.8. The van der Waals surface area contributed by atoms with E-state index in [2.05, 4.69) is 5.32 Å². The lowest BCUT2D eigenvalue weighted by Gasteiger charge is -2.12. The van der Waals surface area contributed by atoms with Gasteiger partial charge in [0.05, 0.1) is 6.07 Å². The molecule has 2 rings (SSSR count). The van der Waals surface area contributed by atoms with Gasteiger partial charge in [0.2, 0.25) is 0 Å². The number of nitriles is 1. The van der Waals surface area contributed by atoms with Crippen molar-refractivity contribution < 1.29 is 9.18 Å². The van der Waals surface area contributed by atoms with Gasteiger partial charge >= 0.3 is 0 Å². The van der Waals surface area contributed by atoms with Crippen molar-refractivity contribution in [2.75, 3.05) is 0 Å². The smallest absolute Gasteiger partial charge is 0.252 e. The van der Waals surface area contributed by atoms with E-state index in [0.717, 1.165) is 5.56 Å². The SMILES string of the molecule is Cc1cccc(C(=O)N[C@@H](C#N)c2ccc(F)cc2)c1. The number of amides is 1. The maximum atomic E-state index is 12.9. The number of aryl methyl sites for hydroxylation is 1. The topological polar surface area (TPSA) is 52.9 Å². The molecular formula is C16H13FN2O. The van der Waals surface area contributed by atoms with Crippen LogP contribution in [0.1, 0.15) is 27.5 Å². The molecule has 3 nitrogen and oxygen atoms in total. The number of hydrogen-bond donors (Lipinski definition) is 1. The molecule has 0 radical (unpaired) electrons. The molecule has 0 aliphatic rings. The highest BCUT2D eigenvalue weighted by atomic mass is 19.1. The maximum Gasteiger partial charge on any atom is 0.252 e. The Balaban J connectivity index is 2.17. The average Bonchev–Trinajstić information content (AvgIpc) is 2.45. The van der Waals surface area contributed by atoms with Crippen LogP contribution in [-0.2, 0) is 0 Å². The predicted octanol–water partition coefficient (Wildman–Crippen LogP) is 3.13. The summed E-state index contributed by atoms with van der Waals surface area (Å²) in [7, 11) is 0. The average molecular weight is 268 g/mol. The number of nitrogens with zero attached hydrogens (tertiary/aromatic N) is 1. The Bertz CT molecular complexity index is 659. The first-order valence-electron chi connectivity index (χ1n) is 6.13. The highest BCUT2D eigenvalue weighted by molar-refractivity contribution is 5.94. The first-order valence-corrected chi connectivity index (χ1v) is 6.13. The van der Waals surface area contributed by atoms with Crippen LogP contribution >= 0.6 is 0 Å². The van der Waals surface area contributed by atoms with Crippen LogP contribution in [0.3, 0.4) is 0 Å². The molecule has 0 saturated heterocycles. The van der Waals surface area contributed by atoms with Crippen LogP contribution in [0.25, 0.3) is 0 Å². The van der Waals surface area contributed by atoms with Gasteiger partial charge in [0, 0.05) is 5.56 Å². The summed E-state index contributed by atoms with van der Waals surface area (Å²) in [6.45, 7) is 1.89. The molecule has 0 aliphatic heterocycles. The Kier molecular flexibility index (Phi) is 4.11. The zero-order valence-corrected chi connectivity index (χ0v) is 10.9. The van der Waals surface area contributed by atoms with Crippen LogP contribution in [0.4, 0.5) is 4.39 Å². The van der Waals surface area contributed by atoms with E-state index in [0.29, 0.717) is 11.1 Å². The lowest BCUT2D eigenvalue weighted by Crippen LogP contribution is -2.27. The largest absolute Gasteiger partial charge is 0.333 e. The lowest BCUT2D eigenvalue weighted by atomic mass is 10.1. The van der Waals surface area contributed by atoms with Gasteiger partial charge in [-0.05, 0) is 36.8 Å². The van der Waals surface area contributed by atoms with Gasteiger partial charge < -0.3 is 5.32 Å². The van der Waals surface area contributed by atoms with Crippen LogP contribution < -0.4 is 5.32 Å². The summed E-state index contributed by atoms with van der Waals surface area (Å²) in [5.74, 6) is -0.708. The highest BCUT2D eigenvalue weighted by Crippen LogP contribution is 2.14. The third kappa shape index (κ3) is 3.21. The molecule has 0 unspecified atom stereocenters. The van der Waals surface area contributed by atoms with Gasteiger partial charge in [-0.25, -0.2) is 4.39 Å². The van der Waals surface area contributed by atoms with Gasteiger partial charge in [0.15, 0.2) is 0 Å². The van der Waals surface area contributed by atoms with E-state index in [1.165, 1.54) is 24.3 Å². The minimum atomic E-state index is -0.802. The zero-order valence-electron chi connectivity index (χ0n) is 10.9. The molecule has 20 heavy (non-hydrogen) atoms. The van der Waals surface area contributed by atoms with Crippen molar-refractivity contribution in [1.29, 1.82) is 5.26 Å². The van der Waals surface area contributed by atoms with E-state index in [-0.39, 0.29) is 11.7 Å². The fourth-order valence-electron chi connectivity index (χ4n) is 1.85. The molecule has 0 spiro atoms. The normalized spacial score (nSPS) is 11.4.